The second-order valence-corrected chi connectivity index (χ2v) is 37.9. The lowest BCUT2D eigenvalue weighted by atomic mass is 9.99. The summed E-state index contributed by atoms with van der Waals surface area (Å²) in [6, 6.07) is 3.74. The van der Waals surface area contributed by atoms with Gasteiger partial charge in [-0.25, -0.2) is 0 Å². The van der Waals surface area contributed by atoms with Gasteiger partial charge in [0.1, 0.15) is 0 Å². The van der Waals surface area contributed by atoms with Crippen LogP contribution in [0.4, 0.5) is 0 Å². The van der Waals surface area contributed by atoms with Crippen LogP contribution in [-0.4, -0.2) is 229 Å². The van der Waals surface area contributed by atoms with E-state index in [0.29, 0.717) is 62.4 Å². The van der Waals surface area contributed by atoms with E-state index in [2.05, 4.69) is 35.1 Å². The van der Waals surface area contributed by atoms with Crippen LogP contribution in [0.25, 0.3) is 0 Å². The number of hydrogen-bond donors (Lipinski definition) is 4. The highest BCUT2D eigenvalue weighted by atomic mass is 32.2. The summed E-state index contributed by atoms with van der Waals surface area (Å²) < 4.78 is 104. The standard InChI is InChI=1S/C42H102N4O18SSi6/c1-41(27-21-33-66(47-3,48-4)49-5,39(43-29-23-35-68(53-9,54-10)55-11)44-30-24-36-69(56-12,57-13)58-14)65-42(2,28-22-34-67(50-6,51-7)52-8)40(45-31-25-37-70(59-15,60-16)61-17)46-32-26-38-71(62-18,63-19)64-20/h39-40,43-46H,21-38H2,1-20H3. The Kier molecular flexibility index (Phi) is 38.0. The minimum Gasteiger partial charge on any atom is -0.377 e. The zero-order valence-corrected chi connectivity index (χ0v) is 54.5. The van der Waals surface area contributed by atoms with Crippen molar-refractivity contribution in [3.63, 3.8) is 0 Å². The molecule has 0 aliphatic heterocycles. The van der Waals surface area contributed by atoms with E-state index in [1.807, 2.05) is 11.8 Å². The fourth-order valence-corrected chi connectivity index (χ4v) is 21.4. The molecule has 0 amide bonds. The average molecular weight is 1150 g/mol. The smallest absolute Gasteiger partial charge is 0.377 e. The largest absolute Gasteiger partial charge is 0.500 e. The number of thioether (sulfide) groups is 1. The Balaban J connectivity index is 7.89. The summed E-state index contributed by atoms with van der Waals surface area (Å²) in [6.45, 7) is 7.27. The molecule has 0 aromatic carbocycles. The van der Waals surface area contributed by atoms with E-state index in [-0.39, 0.29) is 12.3 Å². The molecule has 0 aliphatic rings. The average Bonchev–Trinajstić information content (AvgIpc) is 3.41. The Bertz CT molecular complexity index is 1120. The number of rotatable bonds is 50. The van der Waals surface area contributed by atoms with Gasteiger partial charge in [-0.2, -0.15) is 0 Å². The van der Waals surface area contributed by atoms with Crippen LogP contribution in [0.2, 0.25) is 36.3 Å². The highest BCUT2D eigenvalue weighted by Gasteiger charge is 2.48. The second-order valence-electron chi connectivity index (χ2n) is 17.3. The van der Waals surface area contributed by atoms with Gasteiger partial charge in [-0.1, -0.05) is 0 Å². The molecular formula is C42H102N4O18SSi6. The first-order valence-corrected chi connectivity index (χ1v) is 36.8. The molecule has 0 aromatic rings. The Morgan fingerprint density at radius 3 is 0.592 bits per heavy atom. The van der Waals surface area contributed by atoms with Gasteiger partial charge < -0.3 is 101 Å². The predicted octanol–water partition coefficient (Wildman–Crippen LogP) is 4.64. The minimum absolute atomic E-state index is 0.234. The van der Waals surface area contributed by atoms with Crippen LogP contribution in [0.1, 0.15) is 65.2 Å². The summed E-state index contributed by atoms with van der Waals surface area (Å²) >= 11 is 1.94. The zero-order valence-electron chi connectivity index (χ0n) is 47.6. The van der Waals surface area contributed by atoms with E-state index < -0.39 is 62.3 Å². The molecule has 0 aliphatic carbocycles. The van der Waals surface area contributed by atoms with Crippen LogP contribution in [-0.2, 0) is 79.7 Å². The molecule has 0 saturated carbocycles. The highest BCUT2D eigenvalue weighted by Crippen LogP contribution is 2.47. The first-order chi connectivity index (χ1) is 33.8. The third kappa shape index (κ3) is 22.9. The van der Waals surface area contributed by atoms with E-state index >= 15 is 0 Å². The number of nitrogens with one attached hydrogen (secondary N) is 4. The van der Waals surface area contributed by atoms with Crippen LogP contribution in [0, 0.1) is 0 Å². The summed E-state index contributed by atoms with van der Waals surface area (Å²) in [5.41, 5.74) is 0. The molecule has 0 rings (SSSR count). The lowest BCUT2D eigenvalue weighted by molar-refractivity contribution is 0.121. The molecule has 0 bridgehead atoms. The van der Waals surface area contributed by atoms with Gasteiger partial charge in [-0.3, -0.25) is 0 Å². The molecule has 0 fully saturated rings. The first kappa shape index (κ1) is 71.8. The fraction of sp³-hybridized carbons (Fsp3) is 1.00. The van der Waals surface area contributed by atoms with Crippen LogP contribution in [0.15, 0.2) is 0 Å². The fourth-order valence-electron chi connectivity index (χ4n) is 8.90. The molecule has 0 saturated heterocycles. The maximum absolute atomic E-state index is 5.95. The van der Waals surface area contributed by atoms with Gasteiger partial charge in [0.15, 0.2) is 0 Å². The normalized spacial score (nSPS) is 15.3. The second kappa shape index (κ2) is 37.6. The molecule has 0 radical (unpaired) electrons. The summed E-state index contributed by atoms with van der Waals surface area (Å²) in [6.07, 6.45) is 5.48. The number of hydrogen-bond acceptors (Lipinski definition) is 23. The molecule has 71 heavy (non-hydrogen) atoms. The third-order valence-corrected chi connectivity index (χ3v) is 32.4. The van der Waals surface area contributed by atoms with Gasteiger partial charge in [0.2, 0.25) is 0 Å². The predicted molar refractivity (Wildman–Crippen MR) is 290 cm³/mol. The van der Waals surface area contributed by atoms with Gasteiger partial charge in [0, 0.05) is 174 Å². The van der Waals surface area contributed by atoms with Gasteiger partial charge in [-0.15, -0.1) is 11.8 Å². The van der Waals surface area contributed by atoms with Crippen molar-refractivity contribution in [2.45, 2.75) is 123 Å². The van der Waals surface area contributed by atoms with Crippen LogP contribution in [0.5, 0.6) is 0 Å². The zero-order chi connectivity index (χ0) is 54.1. The van der Waals surface area contributed by atoms with Crippen molar-refractivity contribution in [3.8, 4) is 0 Å². The first-order valence-electron chi connectivity index (χ1n) is 24.4. The van der Waals surface area contributed by atoms with Crippen LogP contribution < -0.4 is 21.3 Å². The third-order valence-electron chi connectivity index (χ3n) is 13.6. The summed E-state index contributed by atoms with van der Waals surface area (Å²) in [5, 5.41) is 15.9. The van der Waals surface area contributed by atoms with Crippen LogP contribution >= 0.6 is 11.8 Å². The van der Waals surface area contributed by atoms with E-state index in [1.165, 1.54) is 0 Å². The van der Waals surface area contributed by atoms with Crippen molar-refractivity contribution in [2.24, 2.45) is 0 Å². The van der Waals surface area contributed by atoms with E-state index in [0.717, 1.165) is 51.4 Å². The molecule has 29 heteroatoms. The van der Waals surface area contributed by atoms with Crippen molar-refractivity contribution in [3.05, 3.63) is 0 Å². The van der Waals surface area contributed by atoms with Gasteiger partial charge in [-0.05, 0) is 91.4 Å². The molecule has 4 N–H and O–H groups in total. The molecule has 0 spiro atoms. The van der Waals surface area contributed by atoms with E-state index in [9.17, 15) is 0 Å². The van der Waals surface area contributed by atoms with Crippen molar-refractivity contribution < 1.29 is 79.7 Å². The maximum Gasteiger partial charge on any atom is 0.500 e. The van der Waals surface area contributed by atoms with Crippen molar-refractivity contribution in [2.75, 3.05) is 154 Å². The molecule has 0 aromatic heterocycles. The maximum atomic E-state index is 5.95. The lowest BCUT2D eigenvalue weighted by Gasteiger charge is -2.48. The Morgan fingerprint density at radius 1 is 0.282 bits per heavy atom. The highest BCUT2D eigenvalue weighted by molar-refractivity contribution is 8.02. The van der Waals surface area contributed by atoms with Crippen molar-refractivity contribution in [1.29, 1.82) is 0 Å². The summed E-state index contributed by atoms with van der Waals surface area (Å²) in [4.78, 5) is 0. The topological polar surface area (TPSA) is 214 Å². The summed E-state index contributed by atoms with van der Waals surface area (Å²) in [7, 11) is 12.4. The molecule has 2 atom stereocenters. The van der Waals surface area contributed by atoms with E-state index in [1.54, 1.807) is 128 Å². The van der Waals surface area contributed by atoms with Gasteiger partial charge >= 0.3 is 52.8 Å². The molecule has 2 unspecified atom stereocenters. The molecule has 0 heterocycles. The lowest BCUT2D eigenvalue weighted by Crippen LogP contribution is -2.62. The van der Waals surface area contributed by atoms with Gasteiger partial charge in [0.05, 0.1) is 12.3 Å². The Labute approximate surface area is 441 Å². The monoisotopic (exact) mass is 1150 g/mol. The van der Waals surface area contributed by atoms with E-state index in [4.69, 9.17) is 79.7 Å². The molecule has 428 valence electrons. The van der Waals surface area contributed by atoms with Gasteiger partial charge in [0.25, 0.3) is 0 Å². The van der Waals surface area contributed by atoms with Crippen LogP contribution in [0.3, 0.4) is 0 Å². The Morgan fingerprint density at radius 2 is 0.437 bits per heavy atom. The quantitative estimate of drug-likeness (QED) is 0.0371. The molecular weight excluding hydrogens is 1050 g/mol. The SMILES string of the molecule is CO[Si](CCCNC(NCCC[Si](OC)(OC)OC)C(C)(CCC[Si](OC)(OC)OC)SC(C)(CCC[Si](OC)(OC)OC)C(NCCC[Si](OC)(OC)OC)NCCC[Si](OC)(OC)OC)(OC)OC. The Hall–Kier alpha value is 0.771. The summed E-state index contributed by atoms with van der Waals surface area (Å²) in [5.74, 6) is 0. The van der Waals surface area contributed by atoms with Crippen molar-refractivity contribution in [1.82, 2.24) is 21.3 Å². The molecule has 22 nitrogen and oxygen atoms in total. The van der Waals surface area contributed by atoms with Crippen molar-refractivity contribution >= 4 is 64.6 Å². The minimum atomic E-state index is -2.95.